The van der Waals surface area contributed by atoms with E-state index in [0.717, 1.165) is 25.3 Å². The summed E-state index contributed by atoms with van der Waals surface area (Å²) in [5.41, 5.74) is 5.45. The molecule has 0 heterocycles. The van der Waals surface area contributed by atoms with Gasteiger partial charge in [0.15, 0.2) is 0 Å². The van der Waals surface area contributed by atoms with Crippen LogP contribution in [0.4, 0.5) is 4.39 Å². The summed E-state index contributed by atoms with van der Waals surface area (Å²) in [5.74, 6) is -0.825. The van der Waals surface area contributed by atoms with Gasteiger partial charge in [-0.25, -0.2) is 17.5 Å². The molecule has 0 saturated heterocycles. The Morgan fingerprint density at radius 2 is 2.11 bits per heavy atom. The summed E-state index contributed by atoms with van der Waals surface area (Å²) in [7, 11) is -3.87. The Kier molecular flexibility index (Phi) is 3.91. The standard InChI is InChI=1S/C11H14ClFN2O2S/c12-8-4-7(6-14)11(13)10(5-8)18(16,17)15-9-2-1-3-9/h4-5,9,15H,1-3,6,14H2. The van der Waals surface area contributed by atoms with Crippen molar-refractivity contribution in [2.75, 3.05) is 0 Å². The Bertz CT molecular complexity index is 558. The lowest BCUT2D eigenvalue weighted by Gasteiger charge is -2.26. The summed E-state index contributed by atoms with van der Waals surface area (Å²) in [6.07, 6.45) is 2.55. The second-order valence-electron chi connectivity index (χ2n) is 4.33. The largest absolute Gasteiger partial charge is 0.326 e. The number of hydrogen-bond donors (Lipinski definition) is 2. The maximum Gasteiger partial charge on any atom is 0.243 e. The van der Waals surface area contributed by atoms with E-state index in [2.05, 4.69) is 4.72 Å². The molecule has 7 heteroatoms. The van der Waals surface area contributed by atoms with Crippen molar-refractivity contribution < 1.29 is 12.8 Å². The first kappa shape index (κ1) is 13.7. The highest BCUT2D eigenvalue weighted by atomic mass is 35.5. The van der Waals surface area contributed by atoms with Crippen LogP contribution >= 0.6 is 11.6 Å². The zero-order valence-corrected chi connectivity index (χ0v) is 11.2. The van der Waals surface area contributed by atoms with Gasteiger partial charge in [-0.3, -0.25) is 0 Å². The van der Waals surface area contributed by atoms with E-state index in [9.17, 15) is 12.8 Å². The van der Waals surface area contributed by atoms with Crippen LogP contribution in [0.15, 0.2) is 17.0 Å². The molecule has 1 saturated carbocycles. The van der Waals surface area contributed by atoms with E-state index < -0.39 is 20.7 Å². The van der Waals surface area contributed by atoms with Crippen LogP contribution in [0.3, 0.4) is 0 Å². The second kappa shape index (κ2) is 5.13. The zero-order chi connectivity index (χ0) is 13.3. The molecule has 1 aliphatic carbocycles. The van der Waals surface area contributed by atoms with Gasteiger partial charge in [-0.05, 0) is 25.0 Å². The van der Waals surface area contributed by atoms with Gasteiger partial charge in [-0.2, -0.15) is 0 Å². The van der Waals surface area contributed by atoms with Crippen molar-refractivity contribution in [3.63, 3.8) is 0 Å². The fourth-order valence-corrected chi connectivity index (χ4v) is 3.53. The van der Waals surface area contributed by atoms with Crippen LogP contribution in [0.25, 0.3) is 0 Å². The summed E-state index contributed by atoms with van der Waals surface area (Å²) in [6.45, 7) is -0.0989. The molecule has 1 fully saturated rings. The van der Waals surface area contributed by atoms with Crippen molar-refractivity contribution >= 4 is 21.6 Å². The topological polar surface area (TPSA) is 72.2 Å². The summed E-state index contributed by atoms with van der Waals surface area (Å²) < 4.78 is 40.5. The molecule has 0 unspecified atom stereocenters. The Hall–Kier alpha value is -0.690. The van der Waals surface area contributed by atoms with Crippen molar-refractivity contribution in [1.82, 2.24) is 4.72 Å². The van der Waals surface area contributed by atoms with E-state index in [-0.39, 0.29) is 23.2 Å². The van der Waals surface area contributed by atoms with Crippen LogP contribution in [-0.4, -0.2) is 14.5 Å². The van der Waals surface area contributed by atoms with Gasteiger partial charge in [0, 0.05) is 23.2 Å². The number of hydrogen-bond acceptors (Lipinski definition) is 3. The fourth-order valence-electron chi connectivity index (χ4n) is 1.77. The first-order valence-corrected chi connectivity index (χ1v) is 7.50. The van der Waals surface area contributed by atoms with E-state index in [0.29, 0.717) is 0 Å². The molecule has 0 aromatic heterocycles. The summed E-state index contributed by atoms with van der Waals surface area (Å²) in [6, 6.07) is 2.34. The lowest BCUT2D eigenvalue weighted by molar-refractivity contribution is 0.382. The van der Waals surface area contributed by atoms with E-state index in [1.54, 1.807) is 0 Å². The second-order valence-corrected chi connectivity index (χ2v) is 6.45. The number of halogens is 2. The van der Waals surface area contributed by atoms with Crippen LogP contribution in [0.2, 0.25) is 5.02 Å². The SMILES string of the molecule is NCc1cc(Cl)cc(S(=O)(=O)NC2CCC2)c1F. The molecule has 0 amide bonds. The van der Waals surface area contributed by atoms with Crippen LogP contribution < -0.4 is 10.5 Å². The van der Waals surface area contributed by atoms with E-state index in [4.69, 9.17) is 17.3 Å². The minimum absolute atomic E-state index is 0.0940. The Morgan fingerprint density at radius 1 is 1.44 bits per heavy atom. The lowest BCUT2D eigenvalue weighted by Crippen LogP contribution is -2.39. The Balaban J connectivity index is 2.39. The predicted molar refractivity (Wildman–Crippen MR) is 67.3 cm³/mol. The monoisotopic (exact) mass is 292 g/mol. The average molecular weight is 293 g/mol. The van der Waals surface area contributed by atoms with Crippen molar-refractivity contribution in [2.24, 2.45) is 5.73 Å². The van der Waals surface area contributed by atoms with Crippen molar-refractivity contribution in [1.29, 1.82) is 0 Å². The third-order valence-electron chi connectivity index (χ3n) is 3.02. The Labute approximate surface area is 110 Å². The predicted octanol–water partition coefficient (Wildman–Crippen LogP) is 1.77. The molecule has 0 bridgehead atoms. The summed E-state index contributed by atoms with van der Waals surface area (Å²) in [5, 5.41) is 0.158. The molecule has 1 aromatic rings. The van der Waals surface area contributed by atoms with Crippen LogP contribution in [0, 0.1) is 5.82 Å². The maximum absolute atomic E-state index is 14.0. The number of benzene rings is 1. The first-order valence-electron chi connectivity index (χ1n) is 5.64. The molecule has 1 aromatic carbocycles. The molecule has 100 valence electrons. The van der Waals surface area contributed by atoms with Crippen LogP contribution in [-0.2, 0) is 16.6 Å². The van der Waals surface area contributed by atoms with Gasteiger partial charge in [0.1, 0.15) is 10.7 Å². The normalized spacial score (nSPS) is 16.6. The molecule has 4 nitrogen and oxygen atoms in total. The summed E-state index contributed by atoms with van der Waals surface area (Å²) in [4.78, 5) is -0.428. The van der Waals surface area contributed by atoms with Crippen molar-refractivity contribution in [3.8, 4) is 0 Å². The smallest absolute Gasteiger partial charge is 0.243 e. The molecule has 0 spiro atoms. The molecular formula is C11H14ClFN2O2S. The number of nitrogens with one attached hydrogen (secondary N) is 1. The lowest BCUT2D eigenvalue weighted by atomic mass is 9.94. The highest BCUT2D eigenvalue weighted by Crippen LogP contribution is 2.26. The number of nitrogens with two attached hydrogens (primary N) is 1. The van der Waals surface area contributed by atoms with Gasteiger partial charge in [-0.1, -0.05) is 18.0 Å². The first-order chi connectivity index (χ1) is 8.44. The maximum atomic E-state index is 14.0. The van der Waals surface area contributed by atoms with E-state index >= 15 is 0 Å². The van der Waals surface area contributed by atoms with Gasteiger partial charge >= 0.3 is 0 Å². The molecule has 0 aliphatic heterocycles. The van der Waals surface area contributed by atoms with Gasteiger partial charge in [-0.15, -0.1) is 0 Å². The van der Waals surface area contributed by atoms with Crippen molar-refractivity contribution in [2.45, 2.75) is 36.7 Å². The average Bonchev–Trinajstić information content (AvgIpc) is 2.26. The molecule has 2 rings (SSSR count). The van der Waals surface area contributed by atoms with Crippen molar-refractivity contribution in [3.05, 3.63) is 28.5 Å². The molecule has 0 atom stereocenters. The van der Waals surface area contributed by atoms with Gasteiger partial charge < -0.3 is 5.73 Å². The highest BCUT2D eigenvalue weighted by molar-refractivity contribution is 7.89. The minimum atomic E-state index is -3.87. The number of rotatable bonds is 4. The van der Waals surface area contributed by atoms with Gasteiger partial charge in [0.05, 0.1) is 0 Å². The zero-order valence-electron chi connectivity index (χ0n) is 9.62. The van der Waals surface area contributed by atoms with Gasteiger partial charge in [0.25, 0.3) is 0 Å². The third-order valence-corrected chi connectivity index (χ3v) is 4.75. The van der Waals surface area contributed by atoms with Crippen LogP contribution in [0.1, 0.15) is 24.8 Å². The van der Waals surface area contributed by atoms with Gasteiger partial charge in [0.2, 0.25) is 10.0 Å². The molecule has 0 radical (unpaired) electrons. The fraction of sp³-hybridized carbons (Fsp3) is 0.455. The number of sulfonamides is 1. The molecular weight excluding hydrogens is 279 g/mol. The summed E-state index contributed by atoms with van der Waals surface area (Å²) >= 11 is 5.78. The minimum Gasteiger partial charge on any atom is -0.326 e. The van der Waals surface area contributed by atoms with E-state index in [1.165, 1.54) is 6.07 Å². The molecule has 3 N–H and O–H groups in total. The van der Waals surface area contributed by atoms with E-state index in [1.807, 2.05) is 0 Å². The Morgan fingerprint density at radius 3 is 2.61 bits per heavy atom. The third kappa shape index (κ3) is 2.66. The molecule has 1 aliphatic rings. The van der Waals surface area contributed by atoms with Crippen LogP contribution in [0.5, 0.6) is 0 Å². The molecule has 18 heavy (non-hydrogen) atoms. The quantitative estimate of drug-likeness (QED) is 0.888. The highest BCUT2D eigenvalue weighted by Gasteiger charge is 2.28.